The van der Waals surface area contributed by atoms with E-state index in [1.165, 1.54) is 17.5 Å². The van der Waals surface area contributed by atoms with E-state index < -0.39 is 0 Å². The predicted octanol–water partition coefficient (Wildman–Crippen LogP) is 2.47. The standard InChI is InChI=1S/C15H17N3O/c1-10-14(9-18(2)17-10)15(19)16-13-7-6-11-4-3-5-12(11)8-13/h6-9H,3-5H2,1-2H3,(H,16,19). The van der Waals surface area contributed by atoms with E-state index in [4.69, 9.17) is 0 Å². The lowest BCUT2D eigenvalue weighted by atomic mass is 10.1. The molecule has 0 unspecified atom stereocenters. The van der Waals surface area contributed by atoms with Crippen LogP contribution in [0.25, 0.3) is 0 Å². The number of carbonyl (C=O) groups excluding carboxylic acids is 1. The molecule has 3 rings (SSSR count). The Labute approximate surface area is 112 Å². The number of rotatable bonds is 2. The van der Waals surface area contributed by atoms with Crippen LogP contribution in [0.2, 0.25) is 0 Å². The number of hydrogen-bond acceptors (Lipinski definition) is 2. The van der Waals surface area contributed by atoms with Crippen LogP contribution in [0.15, 0.2) is 24.4 Å². The summed E-state index contributed by atoms with van der Waals surface area (Å²) < 4.78 is 1.66. The van der Waals surface area contributed by atoms with Crippen molar-refractivity contribution in [1.82, 2.24) is 9.78 Å². The minimum Gasteiger partial charge on any atom is -0.322 e. The zero-order valence-electron chi connectivity index (χ0n) is 11.2. The Hall–Kier alpha value is -2.10. The predicted molar refractivity (Wildman–Crippen MR) is 74.4 cm³/mol. The van der Waals surface area contributed by atoms with E-state index in [-0.39, 0.29) is 5.91 Å². The first kappa shape index (κ1) is 12.0. The van der Waals surface area contributed by atoms with Crippen molar-refractivity contribution in [2.24, 2.45) is 7.05 Å². The summed E-state index contributed by atoms with van der Waals surface area (Å²) in [5, 5.41) is 7.14. The number of aryl methyl sites for hydroxylation is 4. The fraction of sp³-hybridized carbons (Fsp3) is 0.333. The number of anilines is 1. The van der Waals surface area contributed by atoms with Gasteiger partial charge in [0.15, 0.2) is 0 Å². The van der Waals surface area contributed by atoms with Crippen molar-refractivity contribution in [2.45, 2.75) is 26.2 Å². The molecule has 19 heavy (non-hydrogen) atoms. The number of amides is 1. The zero-order chi connectivity index (χ0) is 13.4. The van der Waals surface area contributed by atoms with Gasteiger partial charge in [-0.05, 0) is 49.4 Å². The van der Waals surface area contributed by atoms with Crippen molar-refractivity contribution in [1.29, 1.82) is 0 Å². The average molecular weight is 255 g/mol. The molecule has 0 fully saturated rings. The second-order valence-electron chi connectivity index (χ2n) is 5.09. The van der Waals surface area contributed by atoms with Crippen molar-refractivity contribution < 1.29 is 4.79 Å². The maximum atomic E-state index is 12.2. The summed E-state index contributed by atoms with van der Waals surface area (Å²) in [5.41, 5.74) is 5.02. The number of aromatic nitrogens is 2. The van der Waals surface area contributed by atoms with Gasteiger partial charge >= 0.3 is 0 Å². The number of hydrogen-bond donors (Lipinski definition) is 1. The first-order valence-corrected chi connectivity index (χ1v) is 6.57. The molecule has 0 radical (unpaired) electrons. The van der Waals surface area contributed by atoms with Gasteiger partial charge in [0.05, 0.1) is 11.3 Å². The van der Waals surface area contributed by atoms with E-state index in [1.807, 2.05) is 20.0 Å². The molecule has 1 aliphatic rings. The third kappa shape index (κ3) is 2.26. The fourth-order valence-corrected chi connectivity index (χ4v) is 2.67. The third-order valence-electron chi connectivity index (χ3n) is 3.61. The minimum atomic E-state index is -0.0939. The van der Waals surface area contributed by atoms with Gasteiger partial charge in [-0.3, -0.25) is 9.48 Å². The number of nitrogens with zero attached hydrogens (tertiary/aromatic N) is 2. The van der Waals surface area contributed by atoms with Gasteiger partial charge in [0.25, 0.3) is 5.91 Å². The van der Waals surface area contributed by atoms with Crippen LogP contribution in [0.4, 0.5) is 5.69 Å². The molecular formula is C15H17N3O. The molecule has 0 bridgehead atoms. The van der Waals surface area contributed by atoms with Crippen LogP contribution in [0.3, 0.4) is 0 Å². The summed E-state index contributed by atoms with van der Waals surface area (Å²) in [4.78, 5) is 12.2. The Morgan fingerprint density at radius 3 is 2.84 bits per heavy atom. The Balaban J connectivity index is 1.81. The smallest absolute Gasteiger partial charge is 0.259 e. The Morgan fingerprint density at radius 2 is 2.11 bits per heavy atom. The van der Waals surface area contributed by atoms with E-state index in [0.717, 1.165) is 24.2 Å². The lowest BCUT2D eigenvalue weighted by Gasteiger charge is -2.06. The molecule has 0 aliphatic heterocycles. The monoisotopic (exact) mass is 255 g/mol. The van der Waals surface area contributed by atoms with E-state index in [2.05, 4.69) is 22.5 Å². The SMILES string of the molecule is Cc1nn(C)cc1C(=O)Nc1ccc2c(c1)CCC2. The van der Waals surface area contributed by atoms with Gasteiger partial charge in [0.2, 0.25) is 0 Å². The van der Waals surface area contributed by atoms with Crippen molar-refractivity contribution >= 4 is 11.6 Å². The normalized spacial score (nSPS) is 13.4. The molecule has 0 atom stereocenters. The molecule has 1 N–H and O–H groups in total. The molecule has 98 valence electrons. The van der Waals surface area contributed by atoms with Crippen molar-refractivity contribution in [2.75, 3.05) is 5.32 Å². The van der Waals surface area contributed by atoms with E-state index >= 15 is 0 Å². The number of fused-ring (bicyclic) bond motifs is 1. The van der Waals surface area contributed by atoms with Gasteiger partial charge in [0, 0.05) is 18.9 Å². The highest BCUT2D eigenvalue weighted by atomic mass is 16.1. The summed E-state index contributed by atoms with van der Waals surface area (Å²) in [6.45, 7) is 1.84. The van der Waals surface area contributed by atoms with Crippen molar-refractivity contribution in [3.05, 3.63) is 46.8 Å². The quantitative estimate of drug-likeness (QED) is 0.896. The Morgan fingerprint density at radius 1 is 1.32 bits per heavy atom. The molecule has 2 aromatic rings. The summed E-state index contributed by atoms with van der Waals surface area (Å²) in [6, 6.07) is 6.19. The molecule has 1 aromatic heterocycles. The molecule has 0 spiro atoms. The third-order valence-corrected chi connectivity index (χ3v) is 3.61. The second-order valence-corrected chi connectivity index (χ2v) is 5.09. The second kappa shape index (κ2) is 4.53. The zero-order valence-corrected chi connectivity index (χ0v) is 11.2. The molecule has 4 nitrogen and oxygen atoms in total. The number of nitrogens with one attached hydrogen (secondary N) is 1. The van der Waals surface area contributed by atoms with Crippen LogP contribution in [0.5, 0.6) is 0 Å². The van der Waals surface area contributed by atoms with Gasteiger partial charge in [-0.2, -0.15) is 5.10 Å². The van der Waals surface area contributed by atoms with E-state index in [0.29, 0.717) is 5.56 Å². The van der Waals surface area contributed by atoms with Crippen LogP contribution in [0.1, 0.15) is 33.6 Å². The number of benzene rings is 1. The minimum absolute atomic E-state index is 0.0939. The van der Waals surface area contributed by atoms with Gasteiger partial charge < -0.3 is 5.32 Å². The molecule has 1 amide bonds. The molecule has 1 aliphatic carbocycles. The summed E-state index contributed by atoms with van der Waals surface area (Å²) >= 11 is 0. The molecule has 1 heterocycles. The highest BCUT2D eigenvalue weighted by molar-refractivity contribution is 6.04. The molecule has 4 heteroatoms. The van der Waals surface area contributed by atoms with Crippen LogP contribution in [0, 0.1) is 6.92 Å². The first-order chi connectivity index (χ1) is 9.13. The summed E-state index contributed by atoms with van der Waals surface area (Å²) in [6.07, 6.45) is 5.24. The molecular weight excluding hydrogens is 238 g/mol. The van der Waals surface area contributed by atoms with Gasteiger partial charge in [-0.25, -0.2) is 0 Å². The Kier molecular flexibility index (Phi) is 2.85. The molecule has 1 aromatic carbocycles. The van der Waals surface area contributed by atoms with E-state index in [1.54, 1.807) is 10.9 Å². The maximum absolute atomic E-state index is 12.2. The van der Waals surface area contributed by atoms with Crippen molar-refractivity contribution in [3.8, 4) is 0 Å². The lowest BCUT2D eigenvalue weighted by molar-refractivity contribution is 0.102. The van der Waals surface area contributed by atoms with Crippen LogP contribution >= 0.6 is 0 Å². The number of carbonyl (C=O) groups is 1. The fourth-order valence-electron chi connectivity index (χ4n) is 2.67. The van der Waals surface area contributed by atoms with Gasteiger partial charge in [-0.15, -0.1) is 0 Å². The highest BCUT2D eigenvalue weighted by Crippen LogP contribution is 2.25. The van der Waals surface area contributed by atoms with Crippen molar-refractivity contribution in [3.63, 3.8) is 0 Å². The summed E-state index contributed by atoms with van der Waals surface area (Å²) in [5.74, 6) is -0.0939. The first-order valence-electron chi connectivity index (χ1n) is 6.57. The highest BCUT2D eigenvalue weighted by Gasteiger charge is 2.15. The maximum Gasteiger partial charge on any atom is 0.259 e. The summed E-state index contributed by atoms with van der Waals surface area (Å²) in [7, 11) is 1.82. The van der Waals surface area contributed by atoms with Crippen LogP contribution < -0.4 is 5.32 Å². The van der Waals surface area contributed by atoms with Gasteiger partial charge in [0.1, 0.15) is 0 Å². The largest absolute Gasteiger partial charge is 0.322 e. The topological polar surface area (TPSA) is 46.9 Å². The lowest BCUT2D eigenvalue weighted by Crippen LogP contribution is -2.12. The molecule has 0 saturated heterocycles. The van der Waals surface area contributed by atoms with E-state index in [9.17, 15) is 4.79 Å². The molecule has 0 saturated carbocycles. The van der Waals surface area contributed by atoms with Gasteiger partial charge in [-0.1, -0.05) is 6.07 Å². The Bertz CT molecular complexity index is 643. The average Bonchev–Trinajstić information content (AvgIpc) is 2.94. The van der Waals surface area contributed by atoms with Crippen LogP contribution in [-0.2, 0) is 19.9 Å². The van der Waals surface area contributed by atoms with Crippen LogP contribution in [-0.4, -0.2) is 15.7 Å².